The Hall–Kier alpha value is -0.530. The van der Waals surface area contributed by atoms with Crippen molar-refractivity contribution >= 4 is 11.6 Å². The SMILES string of the molecule is CCC(CC)CC(O)c1cccc(Cl)c1. The number of hydrogen-bond acceptors (Lipinski definition) is 1. The van der Waals surface area contributed by atoms with Gasteiger partial charge < -0.3 is 5.11 Å². The number of halogens is 1. The predicted molar refractivity (Wildman–Crippen MR) is 65.1 cm³/mol. The van der Waals surface area contributed by atoms with Gasteiger partial charge in [0.2, 0.25) is 0 Å². The first kappa shape index (κ1) is 12.5. The first-order valence-corrected chi connectivity index (χ1v) is 5.98. The Morgan fingerprint density at radius 3 is 2.47 bits per heavy atom. The molecule has 1 nitrogen and oxygen atoms in total. The first-order valence-electron chi connectivity index (χ1n) is 5.60. The van der Waals surface area contributed by atoms with Gasteiger partial charge in [0.25, 0.3) is 0 Å². The molecule has 0 spiro atoms. The van der Waals surface area contributed by atoms with Crippen molar-refractivity contribution in [1.29, 1.82) is 0 Å². The number of aliphatic hydroxyl groups excluding tert-OH is 1. The molecule has 0 saturated heterocycles. The van der Waals surface area contributed by atoms with E-state index in [0.29, 0.717) is 10.9 Å². The number of hydrogen-bond donors (Lipinski definition) is 1. The predicted octanol–water partition coefficient (Wildman–Crippen LogP) is 4.20. The van der Waals surface area contributed by atoms with Gasteiger partial charge in [-0.15, -0.1) is 0 Å². The van der Waals surface area contributed by atoms with Crippen molar-refractivity contribution in [2.45, 2.75) is 39.2 Å². The highest BCUT2D eigenvalue weighted by Crippen LogP contribution is 2.26. The van der Waals surface area contributed by atoms with E-state index in [1.54, 1.807) is 0 Å². The van der Waals surface area contributed by atoms with E-state index in [9.17, 15) is 5.11 Å². The fourth-order valence-corrected chi connectivity index (χ4v) is 1.99. The largest absolute Gasteiger partial charge is 0.388 e. The quantitative estimate of drug-likeness (QED) is 0.798. The van der Waals surface area contributed by atoms with Crippen LogP contribution in [0.3, 0.4) is 0 Å². The Labute approximate surface area is 97.1 Å². The third-order valence-corrected chi connectivity index (χ3v) is 3.18. The van der Waals surface area contributed by atoms with Gasteiger partial charge >= 0.3 is 0 Å². The summed E-state index contributed by atoms with van der Waals surface area (Å²) in [6, 6.07) is 7.48. The highest BCUT2D eigenvalue weighted by atomic mass is 35.5. The minimum absolute atomic E-state index is 0.381. The average Bonchev–Trinajstić information content (AvgIpc) is 2.25. The molecule has 0 radical (unpaired) electrons. The zero-order valence-electron chi connectivity index (χ0n) is 9.41. The van der Waals surface area contributed by atoms with E-state index in [1.165, 1.54) is 0 Å². The van der Waals surface area contributed by atoms with Gasteiger partial charge in [-0.2, -0.15) is 0 Å². The number of benzene rings is 1. The molecule has 15 heavy (non-hydrogen) atoms. The van der Waals surface area contributed by atoms with Gasteiger partial charge in [0, 0.05) is 5.02 Å². The van der Waals surface area contributed by atoms with Crippen molar-refractivity contribution in [3.8, 4) is 0 Å². The van der Waals surface area contributed by atoms with E-state index in [1.807, 2.05) is 24.3 Å². The van der Waals surface area contributed by atoms with Crippen molar-refractivity contribution in [2.75, 3.05) is 0 Å². The molecule has 0 aliphatic carbocycles. The molecule has 0 aliphatic heterocycles. The van der Waals surface area contributed by atoms with Crippen LogP contribution in [0.4, 0.5) is 0 Å². The second-order valence-corrected chi connectivity index (χ2v) is 4.43. The van der Waals surface area contributed by atoms with Crippen molar-refractivity contribution in [2.24, 2.45) is 5.92 Å². The van der Waals surface area contributed by atoms with E-state index in [4.69, 9.17) is 11.6 Å². The van der Waals surface area contributed by atoms with Gasteiger partial charge in [-0.1, -0.05) is 50.4 Å². The van der Waals surface area contributed by atoms with E-state index >= 15 is 0 Å². The zero-order valence-corrected chi connectivity index (χ0v) is 10.2. The lowest BCUT2D eigenvalue weighted by atomic mass is 9.93. The molecule has 0 aliphatic rings. The lowest BCUT2D eigenvalue weighted by molar-refractivity contribution is 0.141. The Balaban J connectivity index is 2.64. The summed E-state index contributed by atoms with van der Waals surface area (Å²) in [6.45, 7) is 4.33. The zero-order chi connectivity index (χ0) is 11.3. The molecule has 0 aromatic heterocycles. The Kier molecular flexibility index (Phi) is 5.13. The fourth-order valence-electron chi connectivity index (χ4n) is 1.79. The molecule has 1 atom stereocenters. The summed E-state index contributed by atoms with van der Waals surface area (Å²) in [5.74, 6) is 0.596. The lowest BCUT2D eigenvalue weighted by Gasteiger charge is -2.17. The first-order chi connectivity index (χ1) is 7.17. The Bertz CT molecular complexity index is 294. The minimum Gasteiger partial charge on any atom is -0.388 e. The maximum atomic E-state index is 10.0. The van der Waals surface area contributed by atoms with Crippen LogP contribution < -0.4 is 0 Å². The van der Waals surface area contributed by atoms with Gasteiger partial charge in [0.15, 0.2) is 0 Å². The van der Waals surface area contributed by atoms with Gasteiger partial charge in [0.05, 0.1) is 6.10 Å². The van der Waals surface area contributed by atoms with Crippen molar-refractivity contribution in [3.63, 3.8) is 0 Å². The molecule has 0 bridgehead atoms. The third-order valence-electron chi connectivity index (χ3n) is 2.94. The molecule has 0 amide bonds. The normalized spacial score (nSPS) is 13.1. The summed E-state index contributed by atoms with van der Waals surface area (Å²) in [4.78, 5) is 0. The summed E-state index contributed by atoms with van der Waals surface area (Å²) < 4.78 is 0. The van der Waals surface area contributed by atoms with Gasteiger partial charge in [0.1, 0.15) is 0 Å². The van der Waals surface area contributed by atoms with Crippen LogP contribution in [0.2, 0.25) is 5.02 Å². The summed E-state index contributed by atoms with van der Waals surface area (Å²) in [5, 5.41) is 10.7. The molecule has 0 fully saturated rings. The second-order valence-electron chi connectivity index (χ2n) is 3.99. The molecule has 2 heteroatoms. The Morgan fingerprint density at radius 1 is 1.27 bits per heavy atom. The molecule has 1 aromatic rings. The van der Waals surface area contributed by atoms with E-state index < -0.39 is 0 Å². The molecule has 1 N–H and O–H groups in total. The average molecular weight is 227 g/mol. The summed E-state index contributed by atoms with van der Waals surface area (Å²) in [7, 11) is 0. The molecule has 0 heterocycles. The summed E-state index contributed by atoms with van der Waals surface area (Å²) in [5.41, 5.74) is 0.925. The fraction of sp³-hybridized carbons (Fsp3) is 0.538. The highest BCUT2D eigenvalue weighted by Gasteiger charge is 2.13. The van der Waals surface area contributed by atoms with Crippen LogP contribution in [-0.2, 0) is 0 Å². The standard InChI is InChI=1S/C13H19ClO/c1-3-10(4-2)8-13(15)11-6-5-7-12(14)9-11/h5-7,9-10,13,15H,3-4,8H2,1-2H3. The maximum Gasteiger partial charge on any atom is 0.0793 e. The topological polar surface area (TPSA) is 20.2 Å². The second kappa shape index (κ2) is 6.14. The van der Waals surface area contributed by atoms with Crippen LogP contribution in [0.5, 0.6) is 0 Å². The van der Waals surface area contributed by atoms with Crippen molar-refractivity contribution in [3.05, 3.63) is 34.9 Å². The minimum atomic E-state index is -0.381. The molecule has 1 rings (SSSR count). The Morgan fingerprint density at radius 2 is 1.93 bits per heavy atom. The molecule has 1 aromatic carbocycles. The van der Waals surface area contributed by atoms with E-state index in [0.717, 1.165) is 24.8 Å². The molecular weight excluding hydrogens is 208 g/mol. The smallest absolute Gasteiger partial charge is 0.0793 e. The van der Waals surface area contributed by atoms with Crippen LogP contribution in [0.15, 0.2) is 24.3 Å². The monoisotopic (exact) mass is 226 g/mol. The molecule has 1 unspecified atom stereocenters. The van der Waals surface area contributed by atoms with Gasteiger partial charge in [-0.25, -0.2) is 0 Å². The van der Waals surface area contributed by atoms with E-state index in [2.05, 4.69) is 13.8 Å². The van der Waals surface area contributed by atoms with Crippen LogP contribution in [-0.4, -0.2) is 5.11 Å². The molecule has 84 valence electrons. The number of rotatable bonds is 5. The van der Waals surface area contributed by atoms with Gasteiger partial charge in [-0.05, 0) is 30.0 Å². The lowest BCUT2D eigenvalue weighted by Crippen LogP contribution is -2.05. The van der Waals surface area contributed by atoms with Crippen molar-refractivity contribution in [1.82, 2.24) is 0 Å². The summed E-state index contributed by atoms with van der Waals surface area (Å²) >= 11 is 5.88. The van der Waals surface area contributed by atoms with E-state index in [-0.39, 0.29) is 6.10 Å². The summed E-state index contributed by atoms with van der Waals surface area (Å²) in [6.07, 6.45) is 2.68. The van der Waals surface area contributed by atoms with Crippen LogP contribution in [0.1, 0.15) is 44.8 Å². The molecule has 0 saturated carbocycles. The van der Waals surface area contributed by atoms with Crippen LogP contribution >= 0.6 is 11.6 Å². The third kappa shape index (κ3) is 3.84. The van der Waals surface area contributed by atoms with Crippen LogP contribution in [0, 0.1) is 5.92 Å². The van der Waals surface area contributed by atoms with Gasteiger partial charge in [-0.3, -0.25) is 0 Å². The van der Waals surface area contributed by atoms with Crippen molar-refractivity contribution < 1.29 is 5.11 Å². The highest BCUT2D eigenvalue weighted by molar-refractivity contribution is 6.30. The maximum absolute atomic E-state index is 10.0. The number of aliphatic hydroxyl groups is 1. The molecular formula is C13H19ClO. The van der Waals surface area contributed by atoms with Crippen LogP contribution in [0.25, 0.3) is 0 Å².